The van der Waals surface area contributed by atoms with E-state index in [4.69, 9.17) is 10.5 Å². The van der Waals surface area contributed by atoms with E-state index in [9.17, 15) is 20.2 Å². The minimum atomic E-state index is -1.76. The van der Waals surface area contributed by atoms with Crippen LogP contribution in [0, 0.1) is 48.3 Å². The molecule has 0 heterocycles. The molecule has 0 aliphatic heterocycles. The van der Waals surface area contributed by atoms with Gasteiger partial charge in [0.2, 0.25) is 0 Å². The lowest BCUT2D eigenvalue weighted by atomic mass is 9.71. The molecule has 0 aliphatic carbocycles. The van der Waals surface area contributed by atoms with Gasteiger partial charge in [-0.3, -0.25) is 20.2 Å². The van der Waals surface area contributed by atoms with Gasteiger partial charge in [0.1, 0.15) is 17.6 Å². The number of nitro groups is 2. The van der Waals surface area contributed by atoms with Crippen molar-refractivity contribution in [1.82, 2.24) is 0 Å². The molecule has 0 rings (SSSR count). The Labute approximate surface area is 97.7 Å². The minimum absolute atomic E-state index is 0.0158. The molecule has 0 aromatic heterocycles. The van der Waals surface area contributed by atoms with E-state index in [0.29, 0.717) is 0 Å². The molecule has 0 radical (unpaired) electrons. The quantitative estimate of drug-likeness (QED) is 0.504. The largest absolute Gasteiger partial charge is 0.309 e. The first-order valence-electron chi connectivity index (χ1n) is 4.97. The van der Waals surface area contributed by atoms with Crippen molar-refractivity contribution in [3.8, 4) is 12.1 Å². The summed E-state index contributed by atoms with van der Waals surface area (Å²) in [5.74, 6) is 0. The Morgan fingerprint density at radius 2 is 1.35 bits per heavy atom. The normalized spacial score (nSPS) is 14.1. The van der Waals surface area contributed by atoms with Crippen LogP contribution in [0.5, 0.6) is 0 Å². The van der Waals surface area contributed by atoms with Crippen molar-refractivity contribution < 1.29 is 9.85 Å². The highest BCUT2D eigenvalue weighted by Gasteiger charge is 2.57. The van der Waals surface area contributed by atoms with Crippen molar-refractivity contribution in [3.05, 3.63) is 20.2 Å². The van der Waals surface area contributed by atoms with Gasteiger partial charge in [0.25, 0.3) is 0 Å². The molecule has 0 fully saturated rings. The fourth-order valence-corrected chi connectivity index (χ4v) is 1.94. The number of rotatable bonds is 6. The second kappa shape index (κ2) is 5.75. The van der Waals surface area contributed by atoms with E-state index in [-0.39, 0.29) is 12.8 Å². The number of hydrogen-bond acceptors (Lipinski definition) is 6. The van der Waals surface area contributed by atoms with Crippen molar-refractivity contribution in [2.75, 3.05) is 0 Å². The van der Waals surface area contributed by atoms with Crippen LogP contribution in [0.1, 0.15) is 26.7 Å². The molecule has 2 atom stereocenters. The van der Waals surface area contributed by atoms with Crippen LogP contribution >= 0.6 is 0 Å². The van der Waals surface area contributed by atoms with E-state index in [0.717, 1.165) is 0 Å². The summed E-state index contributed by atoms with van der Waals surface area (Å²) in [5, 5.41) is 39.2. The van der Waals surface area contributed by atoms with Crippen LogP contribution in [-0.4, -0.2) is 21.9 Å². The molecule has 0 aromatic carbocycles. The van der Waals surface area contributed by atoms with E-state index in [2.05, 4.69) is 0 Å². The summed E-state index contributed by atoms with van der Waals surface area (Å²) in [6, 6.07) is -0.595. The maximum Gasteiger partial charge on any atom is 0.309 e. The third kappa shape index (κ3) is 2.48. The molecule has 8 nitrogen and oxygen atoms in total. The van der Waals surface area contributed by atoms with Gasteiger partial charge in [-0.15, -0.1) is 0 Å². The van der Waals surface area contributed by atoms with Gasteiger partial charge in [0, 0.05) is 9.85 Å². The summed E-state index contributed by atoms with van der Waals surface area (Å²) in [7, 11) is 0. The first-order chi connectivity index (χ1) is 7.91. The average Bonchev–Trinajstić information content (AvgIpc) is 2.27. The smallest absolute Gasteiger partial charge is 0.263 e. The Morgan fingerprint density at radius 1 is 1.06 bits per heavy atom. The van der Waals surface area contributed by atoms with Gasteiger partial charge in [-0.2, -0.15) is 10.5 Å². The SMILES string of the molecule is CCC(CC)([C@@H](C#N)[N+](=O)[O-])[C@@H](C#N)[N+](=O)[O-]. The molecule has 0 amide bonds. The monoisotopic (exact) mass is 240 g/mol. The maximum absolute atomic E-state index is 10.8. The van der Waals surface area contributed by atoms with Gasteiger partial charge in [-0.25, -0.2) is 0 Å². The molecule has 0 saturated heterocycles. The molecule has 0 saturated carbocycles. The Bertz CT molecular complexity index is 357. The van der Waals surface area contributed by atoms with Crippen LogP contribution in [0.15, 0.2) is 0 Å². The van der Waals surface area contributed by atoms with Crippen molar-refractivity contribution in [2.45, 2.75) is 38.8 Å². The average molecular weight is 240 g/mol. The minimum Gasteiger partial charge on any atom is -0.263 e. The fraction of sp³-hybridized carbons (Fsp3) is 0.778. The molecule has 8 heteroatoms. The molecular formula is C9H12N4O4. The van der Waals surface area contributed by atoms with Crippen LogP contribution in [0.25, 0.3) is 0 Å². The van der Waals surface area contributed by atoms with E-state index in [1.165, 1.54) is 26.0 Å². The molecular weight excluding hydrogens is 228 g/mol. The summed E-state index contributed by atoms with van der Waals surface area (Å²) in [5.41, 5.74) is -1.56. The summed E-state index contributed by atoms with van der Waals surface area (Å²) in [4.78, 5) is 19.9. The highest BCUT2D eigenvalue weighted by molar-refractivity contribution is 5.08. The van der Waals surface area contributed by atoms with Gasteiger partial charge in [-0.05, 0) is 12.8 Å². The Morgan fingerprint density at radius 3 is 1.47 bits per heavy atom. The zero-order chi connectivity index (χ0) is 13.6. The van der Waals surface area contributed by atoms with Crippen molar-refractivity contribution >= 4 is 0 Å². The molecule has 0 bridgehead atoms. The van der Waals surface area contributed by atoms with Crippen molar-refractivity contribution in [1.29, 1.82) is 10.5 Å². The van der Waals surface area contributed by atoms with Gasteiger partial charge >= 0.3 is 12.1 Å². The topological polar surface area (TPSA) is 134 Å². The fourth-order valence-electron chi connectivity index (χ4n) is 1.94. The lowest BCUT2D eigenvalue weighted by molar-refractivity contribution is -0.574. The maximum atomic E-state index is 10.8. The van der Waals surface area contributed by atoms with Crippen molar-refractivity contribution in [2.24, 2.45) is 5.41 Å². The van der Waals surface area contributed by atoms with E-state index < -0.39 is 27.3 Å². The predicted octanol–water partition coefficient (Wildman–Crippen LogP) is 1.13. The summed E-state index contributed by atoms with van der Waals surface area (Å²) < 4.78 is 0. The van der Waals surface area contributed by atoms with E-state index in [1.807, 2.05) is 0 Å². The molecule has 0 unspecified atom stereocenters. The Balaban J connectivity index is 5.75. The van der Waals surface area contributed by atoms with Gasteiger partial charge in [0.05, 0.1) is 0 Å². The van der Waals surface area contributed by atoms with Crippen molar-refractivity contribution in [3.63, 3.8) is 0 Å². The van der Waals surface area contributed by atoms with Gasteiger partial charge in [0.15, 0.2) is 0 Å². The number of hydrogen-bond donors (Lipinski definition) is 0. The molecule has 0 aromatic rings. The summed E-state index contributed by atoms with van der Waals surface area (Å²) in [6.45, 7) is 3.01. The highest BCUT2D eigenvalue weighted by Crippen LogP contribution is 2.37. The van der Waals surface area contributed by atoms with E-state index in [1.54, 1.807) is 0 Å². The Kier molecular flexibility index (Phi) is 5.00. The lowest BCUT2D eigenvalue weighted by Gasteiger charge is -2.29. The van der Waals surface area contributed by atoms with Gasteiger partial charge in [-0.1, -0.05) is 13.8 Å². The highest BCUT2D eigenvalue weighted by atomic mass is 16.6. The number of nitrogens with zero attached hydrogens (tertiary/aromatic N) is 4. The second-order valence-electron chi connectivity index (χ2n) is 3.57. The summed E-state index contributed by atoms with van der Waals surface area (Å²) >= 11 is 0. The van der Waals surface area contributed by atoms with Crippen LogP contribution in [-0.2, 0) is 0 Å². The Hall–Kier alpha value is -2.22. The zero-order valence-electron chi connectivity index (χ0n) is 9.49. The zero-order valence-corrected chi connectivity index (χ0v) is 9.49. The van der Waals surface area contributed by atoms with Crippen LogP contribution in [0.2, 0.25) is 0 Å². The lowest BCUT2D eigenvalue weighted by Crippen LogP contribution is -2.50. The standard InChI is InChI=1S/C9H12N4O4/c1-3-9(4-2,7(5-10)12(14)15)8(6-11)13(16)17/h7-8H,3-4H2,1-2H3/t7-,8-/m1/s1. The summed E-state index contributed by atoms with van der Waals surface area (Å²) in [6.07, 6.45) is 0.0316. The predicted molar refractivity (Wildman–Crippen MR) is 55.8 cm³/mol. The molecule has 17 heavy (non-hydrogen) atoms. The van der Waals surface area contributed by atoms with Gasteiger partial charge < -0.3 is 0 Å². The molecule has 0 aliphatic rings. The van der Waals surface area contributed by atoms with Crippen LogP contribution in [0.4, 0.5) is 0 Å². The first-order valence-corrected chi connectivity index (χ1v) is 4.97. The van der Waals surface area contributed by atoms with Crippen LogP contribution < -0.4 is 0 Å². The van der Waals surface area contributed by atoms with E-state index >= 15 is 0 Å². The molecule has 0 N–H and O–H groups in total. The number of nitriles is 2. The first kappa shape index (κ1) is 14.8. The third-order valence-corrected chi connectivity index (χ3v) is 3.07. The molecule has 0 spiro atoms. The third-order valence-electron chi connectivity index (χ3n) is 3.07. The second-order valence-corrected chi connectivity index (χ2v) is 3.57. The molecule has 92 valence electrons. The van der Waals surface area contributed by atoms with Crippen LogP contribution in [0.3, 0.4) is 0 Å².